The van der Waals surface area contributed by atoms with Gasteiger partial charge in [-0.15, -0.1) is 0 Å². The molecule has 2 aromatic rings. The van der Waals surface area contributed by atoms with Crippen LogP contribution in [-0.4, -0.2) is 4.92 Å². The highest BCUT2D eigenvalue weighted by atomic mass is 16.6. The fraction of sp³-hybridized carbons (Fsp3) is 0.200. The highest BCUT2D eigenvalue weighted by Crippen LogP contribution is 2.30. The van der Waals surface area contributed by atoms with Gasteiger partial charge in [-0.1, -0.05) is 18.2 Å². The van der Waals surface area contributed by atoms with E-state index in [1.165, 1.54) is 6.07 Å². The lowest BCUT2D eigenvalue weighted by Gasteiger charge is -2.11. The van der Waals surface area contributed by atoms with E-state index in [1.807, 2.05) is 32.0 Å². The summed E-state index contributed by atoms with van der Waals surface area (Å²) in [5.74, 6) is 0. The maximum atomic E-state index is 11.2. The molecular formula is C15H17N3O2. The van der Waals surface area contributed by atoms with Crippen LogP contribution in [0, 0.1) is 24.0 Å². The van der Waals surface area contributed by atoms with Gasteiger partial charge in [0.15, 0.2) is 0 Å². The summed E-state index contributed by atoms with van der Waals surface area (Å²) in [6.07, 6.45) is 0. The van der Waals surface area contributed by atoms with Gasteiger partial charge >= 0.3 is 0 Å². The van der Waals surface area contributed by atoms with Crippen LogP contribution in [0.2, 0.25) is 0 Å². The van der Waals surface area contributed by atoms with Gasteiger partial charge in [0, 0.05) is 18.3 Å². The van der Waals surface area contributed by atoms with Gasteiger partial charge in [0.2, 0.25) is 0 Å². The molecular weight excluding hydrogens is 254 g/mol. The van der Waals surface area contributed by atoms with Crippen LogP contribution in [0.4, 0.5) is 17.1 Å². The molecule has 0 radical (unpaired) electrons. The molecule has 0 aromatic heterocycles. The highest BCUT2D eigenvalue weighted by Gasteiger charge is 2.15. The van der Waals surface area contributed by atoms with Crippen LogP contribution in [0.15, 0.2) is 36.4 Å². The molecule has 0 heterocycles. The number of nitro groups is 1. The molecule has 20 heavy (non-hydrogen) atoms. The summed E-state index contributed by atoms with van der Waals surface area (Å²) >= 11 is 0. The lowest BCUT2D eigenvalue weighted by Crippen LogP contribution is -2.02. The first-order valence-electron chi connectivity index (χ1n) is 6.33. The average molecular weight is 271 g/mol. The predicted octanol–water partition coefficient (Wildman–Crippen LogP) is 3.41. The Morgan fingerprint density at radius 2 is 1.90 bits per heavy atom. The molecule has 0 spiro atoms. The number of aryl methyl sites for hydroxylation is 2. The molecule has 5 nitrogen and oxygen atoms in total. The number of rotatable bonds is 4. The largest absolute Gasteiger partial charge is 0.350 e. The topological polar surface area (TPSA) is 81.2 Å². The van der Waals surface area contributed by atoms with E-state index in [4.69, 9.17) is 5.73 Å². The molecule has 0 saturated carbocycles. The second-order valence-electron chi connectivity index (χ2n) is 4.76. The van der Waals surface area contributed by atoms with E-state index < -0.39 is 4.92 Å². The van der Waals surface area contributed by atoms with Crippen LogP contribution in [0.3, 0.4) is 0 Å². The predicted molar refractivity (Wildman–Crippen MR) is 80.2 cm³/mol. The summed E-state index contributed by atoms with van der Waals surface area (Å²) in [7, 11) is 0. The standard InChI is InChI=1S/C15H17N3O2/c1-10-3-4-11(2)14(7-10)17-13-6-5-12(9-16)8-15(13)18(19)20/h3-8,17H,9,16H2,1-2H3. The first kappa shape index (κ1) is 14.0. The van der Waals surface area contributed by atoms with Crippen molar-refractivity contribution in [3.63, 3.8) is 0 Å². The summed E-state index contributed by atoms with van der Waals surface area (Å²) in [6.45, 7) is 4.23. The van der Waals surface area contributed by atoms with Crippen LogP contribution in [-0.2, 0) is 6.54 Å². The van der Waals surface area contributed by atoms with Gasteiger partial charge < -0.3 is 11.1 Å². The summed E-state index contributed by atoms with van der Waals surface area (Å²) in [5.41, 5.74) is 9.77. The van der Waals surface area contributed by atoms with Crippen LogP contribution < -0.4 is 11.1 Å². The molecule has 3 N–H and O–H groups in total. The molecule has 0 atom stereocenters. The Labute approximate surface area is 117 Å². The Balaban J connectivity index is 2.42. The second kappa shape index (κ2) is 5.71. The molecule has 0 saturated heterocycles. The maximum Gasteiger partial charge on any atom is 0.292 e. The minimum atomic E-state index is -0.396. The van der Waals surface area contributed by atoms with E-state index in [9.17, 15) is 10.1 Å². The second-order valence-corrected chi connectivity index (χ2v) is 4.76. The molecule has 104 valence electrons. The molecule has 0 fully saturated rings. The molecule has 0 bridgehead atoms. The number of nitrogens with one attached hydrogen (secondary N) is 1. The Morgan fingerprint density at radius 3 is 2.55 bits per heavy atom. The Morgan fingerprint density at radius 1 is 1.15 bits per heavy atom. The number of benzene rings is 2. The average Bonchev–Trinajstić information content (AvgIpc) is 2.43. The van der Waals surface area contributed by atoms with E-state index in [1.54, 1.807) is 12.1 Å². The zero-order valence-corrected chi connectivity index (χ0v) is 11.5. The van der Waals surface area contributed by atoms with E-state index in [0.29, 0.717) is 5.69 Å². The fourth-order valence-corrected chi connectivity index (χ4v) is 1.98. The Bertz CT molecular complexity index is 654. The Hall–Kier alpha value is -2.40. The zero-order valence-electron chi connectivity index (χ0n) is 11.5. The van der Waals surface area contributed by atoms with Crippen molar-refractivity contribution >= 4 is 17.1 Å². The molecule has 0 aliphatic rings. The van der Waals surface area contributed by atoms with Crippen molar-refractivity contribution in [3.05, 3.63) is 63.2 Å². The Kier molecular flexibility index (Phi) is 4.00. The number of anilines is 2. The maximum absolute atomic E-state index is 11.2. The van der Waals surface area contributed by atoms with E-state index in [0.717, 1.165) is 22.4 Å². The fourth-order valence-electron chi connectivity index (χ4n) is 1.98. The lowest BCUT2D eigenvalue weighted by molar-refractivity contribution is -0.384. The van der Waals surface area contributed by atoms with Gasteiger partial charge in [-0.3, -0.25) is 10.1 Å². The third kappa shape index (κ3) is 2.95. The minimum absolute atomic E-state index is 0.0360. The van der Waals surface area contributed by atoms with Gasteiger partial charge in [0.1, 0.15) is 5.69 Å². The van der Waals surface area contributed by atoms with Gasteiger partial charge in [-0.05, 0) is 42.7 Å². The van der Waals surface area contributed by atoms with E-state index >= 15 is 0 Å². The monoisotopic (exact) mass is 271 g/mol. The van der Waals surface area contributed by atoms with Gasteiger partial charge in [0.05, 0.1) is 4.92 Å². The molecule has 0 unspecified atom stereocenters. The minimum Gasteiger partial charge on any atom is -0.350 e. The van der Waals surface area contributed by atoms with Crippen LogP contribution in [0.5, 0.6) is 0 Å². The molecule has 2 rings (SSSR count). The molecule has 0 amide bonds. The van der Waals surface area contributed by atoms with Crippen LogP contribution in [0.25, 0.3) is 0 Å². The number of nitro benzene ring substituents is 1. The van der Waals surface area contributed by atoms with Crippen molar-refractivity contribution in [3.8, 4) is 0 Å². The van der Waals surface area contributed by atoms with Gasteiger partial charge in [0.25, 0.3) is 5.69 Å². The number of nitrogens with two attached hydrogens (primary N) is 1. The summed E-state index contributed by atoms with van der Waals surface area (Å²) < 4.78 is 0. The number of hydrogen-bond donors (Lipinski definition) is 2. The molecule has 2 aromatic carbocycles. The quantitative estimate of drug-likeness (QED) is 0.659. The van der Waals surface area contributed by atoms with E-state index in [2.05, 4.69) is 5.32 Å². The van der Waals surface area contributed by atoms with Crippen LogP contribution >= 0.6 is 0 Å². The SMILES string of the molecule is Cc1ccc(C)c(Nc2ccc(CN)cc2[N+](=O)[O-])c1. The van der Waals surface area contributed by atoms with Gasteiger partial charge in [-0.2, -0.15) is 0 Å². The molecule has 0 aliphatic heterocycles. The zero-order chi connectivity index (χ0) is 14.7. The number of hydrogen-bond acceptors (Lipinski definition) is 4. The summed E-state index contributed by atoms with van der Waals surface area (Å²) in [4.78, 5) is 10.8. The van der Waals surface area contributed by atoms with Crippen LogP contribution in [0.1, 0.15) is 16.7 Å². The third-order valence-electron chi connectivity index (χ3n) is 3.16. The smallest absolute Gasteiger partial charge is 0.292 e. The summed E-state index contributed by atoms with van der Waals surface area (Å²) in [5, 5.41) is 14.3. The van der Waals surface area contributed by atoms with Crippen molar-refractivity contribution in [2.45, 2.75) is 20.4 Å². The summed E-state index contributed by atoms with van der Waals surface area (Å²) in [6, 6.07) is 11.0. The number of nitrogens with zero attached hydrogens (tertiary/aromatic N) is 1. The molecule has 5 heteroatoms. The van der Waals surface area contributed by atoms with Crippen molar-refractivity contribution in [1.82, 2.24) is 0 Å². The lowest BCUT2D eigenvalue weighted by atomic mass is 10.1. The van der Waals surface area contributed by atoms with Crippen molar-refractivity contribution in [1.29, 1.82) is 0 Å². The van der Waals surface area contributed by atoms with Gasteiger partial charge in [-0.25, -0.2) is 0 Å². The first-order chi connectivity index (χ1) is 9.51. The highest BCUT2D eigenvalue weighted by molar-refractivity contribution is 5.72. The molecule has 0 aliphatic carbocycles. The van der Waals surface area contributed by atoms with Crippen molar-refractivity contribution < 1.29 is 4.92 Å². The third-order valence-corrected chi connectivity index (χ3v) is 3.16. The normalized spacial score (nSPS) is 10.3. The van der Waals surface area contributed by atoms with E-state index in [-0.39, 0.29) is 12.2 Å². The van der Waals surface area contributed by atoms with Crippen molar-refractivity contribution in [2.24, 2.45) is 5.73 Å². The first-order valence-corrected chi connectivity index (χ1v) is 6.33. The van der Waals surface area contributed by atoms with Crippen molar-refractivity contribution in [2.75, 3.05) is 5.32 Å².